The minimum absolute atomic E-state index is 0.0545. The maximum atomic E-state index is 12.8. The lowest BCUT2D eigenvalue weighted by atomic mass is 9.79. The number of pyridine rings is 1. The van der Waals surface area contributed by atoms with Gasteiger partial charge in [0.15, 0.2) is 0 Å². The second-order valence-corrected chi connectivity index (χ2v) is 7.77. The molecule has 0 saturated heterocycles. The van der Waals surface area contributed by atoms with Gasteiger partial charge in [-0.15, -0.1) is 0 Å². The molecule has 3 N–H and O–H groups in total. The highest BCUT2D eigenvalue weighted by Gasteiger charge is 2.37. The maximum Gasteiger partial charge on any atom is 0.336 e. The predicted molar refractivity (Wildman–Crippen MR) is 117 cm³/mol. The number of nitro benzene ring substituents is 1. The van der Waals surface area contributed by atoms with Crippen molar-refractivity contribution in [2.75, 3.05) is 31.2 Å². The van der Waals surface area contributed by atoms with Gasteiger partial charge < -0.3 is 15.8 Å². The van der Waals surface area contributed by atoms with Crippen LogP contribution in [0.1, 0.15) is 42.1 Å². The number of benzene rings is 1. The van der Waals surface area contributed by atoms with Crippen molar-refractivity contribution in [3.8, 4) is 0 Å². The first-order chi connectivity index (χ1) is 14.8. The number of esters is 1. The maximum absolute atomic E-state index is 12.8. The highest BCUT2D eigenvalue weighted by Crippen LogP contribution is 2.46. The van der Waals surface area contributed by atoms with Crippen LogP contribution < -0.4 is 11.1 Å². The molecule has 0 spiro atoms. The number of non-ortho nitro benzene ring substituents is 1. The van der Waals surface area contributed by atoms with E-state index in [4.69, 9.17) is 15.5 Å². The van der Waals surface area contributed by atoms with Crippen LogP contribution in [0.25, 0.3) is 0 Å². The summed E-state index contributed by atoms with van der Waals surface area (Å²) in [6.07, 6.45) is 0.788. The number of rotatable bonds is 4. The van der Waals surface area contributed by atoms with E-state index < -0.39 is 16.8 Å². The van der Waals surface area contributed by atoms with Crippen LogP contribution in [0.4, 0.5) is 17.2 Å². The van der Waals surface area contributed by atoms with Crippen molar-refractivity contribution in [3.63, 3.8) is 0 Å². The highest BCUT2D eigenvalue weighted by atomic mass is 16.6. The molecule has 0 saturated carbocycles. The van der Waals surface area contributed by atoms with E-state index in [9.17, 15) is 14.9 Å². The number of carbonyl (C=O) groups is 1. The number of hydrogen-bond acceptors (Lipinski definition) is 8. The van der Waals surface area contributed by atoms with E-state index in [2.05, 4.69) is 17.1 Å². The van der Waals surface area contributed by atoms with Crippen molar-refractivity contribution in [3.05, 3.63) is 68.0 Å². The van der Waals surface area contributed by atoms with Gasteiger partial charge in [0.1, 0.15) is 5.82 Å². The molecule has 0 bridgehead atoms. The number of nitro groups is 1. The summed E-state index contributed by atoms with van der Waals surface area (Å²) in [5.41, 5.74) is 11.3. The number of anilines is 2. The van der Waals surface area contributed by atoms with Gasteiger partial charge in [-0.3, -0.25) is 15.0 Å². The normalized spacial score (nSPS) is 18.1. The third kappa shape index (κ3) is 3.50. The third-order valence-electron chi connectivity index (χ3n) is 6.07. The molecule has 0 aliphatic carbocycles. The molecule has 31 heavy (non-hydrogen) atoms. The van der Waals surface area contributed by atoms with Crippen LogP contribution in [-0.2, 0) is 22.5 Å². The van der Waals surface area contributed by atoms with Crippen LogP contribution in [0.5, 0.6) is 0 Å². The third-order valence-corrected chi connectivity index (χ3v) is 6.07. The quantitative estimate of drug-likeness (QED) is 0.437. The van der Waals surface area contributed by atoms with Crippen molar-refractivity contribution in [1.82, 2.24) is 9.88 Å². The molecule has 9 nitrogen and oxygen atoms in total. The zero-order chi connectivity index (χ0) is 22.3. The fraction of sp³-hybridized carbons (Fsp3) is 0.364. The molecule has 3 heterocycles. The highest BCUT2D eigenvalue weighted by molar-refractivity contribution is 5.95. The van der Waals surface area contributed by atoms with Gasteiger partial charge >= 0.3 is 5.97 Å². The summed E-state index contributed by atoms with van der Waals surface area (Å²) >= 11 is 0. The fourth-order valence-corrected chi connectivity index (χ4v) is 4.45. The largest absolute Gasteiger partial charge is 0.466 e. The first-order valence-corrected chi connectivity index (χ1v) is 10.2. The Morgan fingerprint density at radius 3 is 2.90 bits per heavy atom. The summed E-state index contributed by atoms with van der Waals surface area (Å²) in [6, 6.07) is 6.28. The molecule has 2 aliphatic heterocycles. The first-order valence-electron chi connectivity index (χ1n) is 10.2. The number of allylic oxidation sites excluding steroid dienone is 1. The second kappa shape index (κ2) is 7.99. The van der Waals surface area contributed by atoms with E-state index in [1.165, 1.54) is 19.2 Å². The number of nitrogen functional groups attached to an aromatic ring is 1. The average molecular weight is 423 g/mol. The lowest BCUT2D eigenvalue weighted by Crippen LogP contribution is -2.33. The SMILES string of the molecule is CCN1CCc2nc3c(c(N)c2C1)C(c1cccc([N+](=O)[O-])c1)C(C(=O)OC)=C(C)N3. The van der Waals surface area contributed by atoms with Crippen molar-refractivity contribution in [1.29, 1.82) is 0 Å². The van der Waals surface area contributed by atoms with Crippen molar-refractivity contribution < 1.29 is 14.5 Å². The molecule has 1 atom stereocenters. The Hall–Kier alpha value is -3.46. The van der Waals surface area contributed by atoms with E-state index in [1.807, 2.05) is 0 Å². The zero-order valence-corrected chi connectivity index (χ0v) is 17.8. The molecule has 0 amide bonds. The number of nitrogens with two attached hydrogens (primary N) is 1. The Bertz CT molecular complexity index is 1110. The van der Waals surface area contributed by atoms with Crippen LogP contribution in [0.3, 0.4) is 0 Å². The number of fused-ring (bicyclic) bond motifs is 2. The Balaban J connectivity index is 1.96. The fourth-order valence-electron chi connectivity index (χ4n) is 4.45. The summed E-state index contributed by atoms with van der Waals surface area (Å²) in [7, 11) is 1.32. The molecule has 2 aliphatic rings. The smallest absolute Gasteiger partial charge is 0.336 e. The van der Waals surface area contributed by atoms with E-state index in [-0.39, 0.29) is 5.69 Å². The zero-order valence-electron chi connectivity index (χ0n) is 17.8. The summed E-state index contributed by atoms with van der Waals surface area (Å²) < 4.78 is 5.05. The Kier molecular flexibility index (Phi) is 5.36. The van der Waals surface area contributed by atoms with E-state index in [0.717, 1.165) is 30.8 Å². The molecule has 4 rings (SSSR count). The van der Waals surface area contributed by atoms with Gasteiger partial charge in [0, 0.05) is 60.1 Å². The number of hydrogen-bond donors (Lipinski definition) is 2. The molecule has 1 unspecified atom stereocenters. The molecule has 0 fully saturated rings. The van der Waals surface area contributed by atoms with Crippen molar-refractivity contribution >= 4 is 23.2 Å². The molecule has 0 radical (unpaired) electrons. The monoisotopic (exact) mass is 423 g/mol. The van der Waals surface area contributed by atoms with Crippen LogP contribution in [0, 0.1) is 10.1 Å². The van der Waals surface area contributed by atoms with Crippen LogP contribution in [0.15, 0.2) is 35.5 Å². The predicted octanol–water partition coefficient (Wildman–Crippen LogP) is 2.95. The Morgan fingerprint density at radius 2 is 2.23 bits per heavy atom. The van der Waals surface area contributed by atoms with Crippen LogP contribution in [-0.4, -0.2) is 41.0 Å². The molecular weight excluding hydrogens is 398 g/mol. The molecular formula is C22H25N5O4. The Labute approximate surface area is 180 Å². The molecule has 9 heteroatoms. The van der Waals surface area contributed by atoms with Gasteiger partial charge in [-0.25, -0.2) is 9.78 Å². The topological polar surface area (TPSA) is 124 Å². The Morgan fingerprint density at radius 1 is 1.45 bits per heavy atom. The number of carbonyl (C=O) groups excluding carboxylic acids is 1. The molecule has 162 valence electrons. The first kappa shape index (κ1) is 20.8. The van der Waals surface area contributed by atoms with E-state index in [1.54, 1.807) is 19.1 Å². The van der Waals surface area contributed by atoms with Crippen LogP contribution >= 0.6 is 0 Å². The number of methoxy groups -OCH3 is 1. The lowest BCUT2D eigenvalue weighted by Gasteiger charge is -2.34. The standard InChI is InChI=1S/C22H25N5O4/c1-4-26-9-8-16-15(11-26)20(23)19-18(13-6-5-7-14(10-13)27(29)30)17(22(28)31-3)12(2)24-21(19)25-16/h5-7,10,18H,4,8-9,11H2,1-3H3,(H3,23,24,25). The number of nitrogens with zero attached hydrogens (tertiary/aromatic N) is 3. The van der Waals surface area contributed by atoms with Gasteiger partial charge in [-0.2, -0.15) is 0 Å². The summed E-state index contributed by atoms with van der Waals surface area (Å²) in [5, 5.41) is 14.6. The van der Waals surface area contributed by atoms with Gasteiger partial charge in [-0.1, -0.05) is 19.1 Å². The van der Waals surface area contributed by atoms with Gasteiger partial charge in [-0.05, 0) is 19.0 Å². The number of ether oxygens (including phenoxy) is 1. The summed E-state index contributed by atoms with van der Waals surface area (Å²) in [4.78, 5) is 30.8. The average Bonchev–Trinajstić information content (AvgIpc) is 2.77. The number of aromatic nitrogens is 1. The second-order valence-electron chi connectivity index (χ2n) is 7.77. The summed E-state index contributed by atoms with van der Waals surface area (Å²) in [6.45, 7) is 6.35. The minimum atomic E-state index is -0.626. The van der Waals surface area contributed by atoms with Gasteiger partial charge in [0.2, 0.25) is 0 Å². The van der Waals surface area contributed by atoms with Crippen molar-refractivity contribution in [2.45, 2.75) is 32.7 Å². The van der Waals surface area contributed by atoms with E-state index >= 15 is 0 Å². The molecule has 2 aromatic rings. The lowest BCUT2D eigenvalue weighted by molar-refractivity contribution is -0.384. The summed E-state index contributed by atoms with van der Waals surface area (Å²) in [5.74, 6) is -0.555. The number of likely N-dealkylation sites (N-methyl/N-ethyl adjacent to an activating group) is 1. The molecule has 1 aromatic carbocycles. The number of nitrogens with one attached hydrogen (secondary N) is 1. The van der Waals surface area contributed by atoms with Crippen molar-refractivity contribution in [2.24, 2.45) is 0 Å². The molecule has 1 aromatic heterocycles. The minimum Gasteiger partial charge on any atom is -0.466 e. The van der Waals surface area contributed by atoms with Gasteiger partial charge in [0.25, 0.3) is 5.69 Å². The van der Waals surface area contributed by atoms with E-state index in [0.29, 0.717) is 40.4 Å². The van der Waals surface area contributed by atoms with Gasteiger partial charge in [0.05, 0.1) is 23.3 Å². The van der Waals surface area contributed by atoms with Crippen LogP contribution in [0.2, 0.25) is 0 Å².